The molecule has 0 amide bonds. The van der Waals surface area contributed by atoms with Crippen LogP contribution in [0.4, 0.5) is 0 Å². The third-order valence-corrected chi connectivity index (χ3v) is 2.56. The molecule has 0 rings (SSSR count). The summed E-state index contributed by atoms with van der Waals surface area (Å²) in [6.45, 7) is 1.91. The van der Waals surface area contributed by atoms with Crippen LogP contribution in [0.3, 0.4) is 0 Å². The first kappa shape index (κ1) is 13.8. The van der Waals surface area contributed by atoms with E-state index in [1.54, 1.807) is 0 Å². The number of hydrogen-bond donors (Lipinski definition) is 1. The molecule has 0 aliphatic rings. The third-order valence-electron chi connectivity index (χ3n) is 0.861. The Morgan fingerprint density at radius 3 is 2.40 bits per heavy atom. The average molecular weight is 194 g/mol. The normalized spacial score (nSPS) is 10.6. The van der Waals surface area contributed by atoms with Gasteiger partial charge in [0, 0.05) is 0 Å². The van der Waals surface area contributed by atoms with Crippen molar-refractivity contribution in [3.63, 3.8) is 0 Å². The predicted octanol–water partition coefficient (Wildman–Crippen LogP) is -1.91. The van der Waals surface area contributed by atoms with E-state index < -0.39 is 10.1 Å². The van der Waals surface area contributed by atoms with Crippen molar-refractivity contribution >= 4 is 23.0 Å². The van der Waals surface area contributed by atoms with Gasteiger partial charge < -0.3 is 1.43 Å². The van der Waals surface area contributed by atoms with Crippen molar-refractivity contribution in [1.82, 2.24) is 0 Å². The maximum Gasteiger partial charge on any atom is 1.00 e. The fourth-order valence-corrected chi connectivity index (χ4v) is 1.30. The summed E-state index contributed by atoms with van der Waals surface area (Å²) in [4.78, 5) is 0. The summed E-state index contributed by atoms with van der Waals surface area (Å²) in [6, 6.07) is 0. The van der Waals surface area contributed by atoms with Gasteiger partial charge in [0.1, 0.15) is 0 Å². The minimum Gasteiger partial charge on any atom is -1.00 e. The van der Waals surface area contributed by atoms with Crippen molar-refractivity contribution < 1.29 is 43.0 Å². The average Bonchev–Trinajstić information content (AvgIpc) is 1.84. The zero-order valence-electron chi connectivity index (χ0n) is 7.20. The summed E-state index contributed by atoms with van der Waals surface area (Å²) < 4.78 is 24.8. The Hall–Kier alpha value is 1.26. The molecule has 0 aromatic carbocycles. The van der Waals surface area contributed by atoms with E-state index in [9.17, 15) is 8.42 Å². The van der Waals surface area contributed by atoms with Gasteiger partial charge in [0.25, 0.3) is 10.1 Å². The second-order valence-electron chi connectivity index (χ2n) is 1.69. The monoisotopic (exact) mass is 194 g/mol. The van der Waals surface area contributed by atoms with Crippen molar-refractivity contribution in [3.8, 4) is 0 Å². The molecule has 0 fully saturated rings. The van der Waals surface area contributed by atoms with Gasteiger partial charge in [-0.3, -0.25) is 0 Å². The van der Waals surface area contributed by atoms with E-state index in [0.29, 0.717) is 6.42 Å². The fraction of sp³-hybridized carbons (Fsp3) is 1.00. The van der Waals surface area contributed by atoms with Crippen LogP contribution in [0, 0.1) is 0 Å². The van der Waals surface area contributed by atoms with E-state index in [4.69, 9.17) is 0 Å². The maximum atomic E-state index is 10.5. The van der Waals surface area contributed by atoms with Gasteiger partial charge in [0.05, 0.1) is 5.75 Å². The van der Waals surface area contributed by atoms with Crippen LogP contribution < -0.4 is 29.6 Å². The Labute approximate surface area is 91.0 Å². The van der Waals surface area contributed by atoms with Gasteiger partial charge in [-0.15, -0.1) is 0 Å². The minimum absolute atomic E-state index is 0. The topological polar surface area (TPSA) is 43.4 Å². The summed E-state index contributed by atoms with van der Waals surface area (Å²) in [5.74, 6) is 0.0625. The second kappa shape index (κ2) is 6.94. The summed E-state index contributed by atoms with van der Waals surface area (Å²) in [5, 5.41) is 0. The van der Waals surface area contributed by atoms with Crippen LogP contribution in [0.2, 0.25) is 0 Å². The Bertz CT molecular complexity index is 159. The molecule has 0 unspecified atom stereocenters. The first-order chi connectivity index (χ1) is 4.12. The first-order valence-electron chi connectivity index (χ1n) is 2.68. The molecule has 58 valence electrons. The van der Waals surface area contributed by atoms with Gasteiger partial charge in [-0.25, -0.2) is 3.63 Å². The molecule has 0 heterocycles. The number of unbranched alkanes of at least 4 members (excludes halogenated alkanes) is 1. The van der Waals surface area contributed by atoms with Crippen LogP contribution >= 0.6 is 12.9 Å². The molecule has 6 heteroatoms. The zero-order chi connectivity index (χ0) is 7.33. The van der Waals surface area contributed by atoms with E-state index in [1.807, 2.05) is 6.92 Å². The van der Waals surface area contributed by atoms with Crippen LogP contribution in [-0.4, -0.2) is 14.2 Å². The van der Waals surface area contributed by atoms with Crippen molar-refractivity contribution in [2.75, 3.05) is 5.75 Å². The zero-order valence-corrected chi connectivity index (χ0v) is 9.91. The van der Waals surface area contributed by atoms with Crippen LogP contribution in [0.1, 0.15) is 21.2 Å². The number of rotatable bonds is 4. The van der Waals surface area contributed by atoms with Crippen LogP contribution in [0.15, 0.2) is 0 Å². The van der Waals surface area contributed by atoms with Crippen LogP contribution in [0.25, 0.3) is 0 Å². The molecule has 0 saturated carbocycles. The van der Waals surface area contributed by atoms with Crippen LogP contribution in [0.5, 0.6) is 0 Å². The van der Waals surface area contributed by atoms with Gasteiger partial charge in [-0.2, -0.15) is 8.42 Å². The molecule has 0 N–H and O–H groups in total. The largest absolute Gasteiger partial charge is 1.00 e. The molecule has 0 radical (unpaired) electrons. The number of thiol groups is 1. The molecule has 10 heavy (non-hydrogen) atoms. The van der Waals surface area contributed by atoms with Crippen molar-refractivity contribution in [1.29, 1.82) is 0 Å². The van der Waals surface area contributed by atoms with E-state index in [2.05, 4.69) is 16.5 Å². The van der Waals surface area contributed by atoms with Crippen LogP contribution in [-0.2, 0) is 13.7 Å². The Balaban J connectivity index is -0.000000320. The summed E-state index contributed by atoms with van der Waals surface area (Å²) in [7, 11) is -3.32. The second-order valence-corrected chi connectivity index (χ2v) is 3.81. The fourth-order valence-electron chi connectivity index (χ4n) is 0.358. The Kier molecular flexibility index (Phi) is 9.59. The molecule has 0 saturated heterocycles. The molecule has 3 nitrogen and oxygen atoms in total. The third kappa shape index (κ3) is 7.37. The molecule has 0 atom stereocenters. The molecule has 0 spiro atoms. The Morgan fingerprint density at radius 2 is 2.10 bits per heavy atom. The van der Waals surface area contributed by atoms with E-state index in [1.165, 1.54) is 0 Å². The molecule has 0 bridgehead atoms. The predicted molar refractivity (Wildman–Crippen MR) is 39.9 cm³/mol. The van der Waals surface area contributed by atoms with Crippen molar-refractivity contribution in [2.45, 2.75) is 19.8 Å². The standard InChI is InChI=1S/C4H10O3S2.Na.H/c1-2-3-4-9(5,6)7-8;;/h8H,2-4H2,1H3;;/q;+1;-1. The molecule has 0 aromatic heterocycles. The molecule has 0 aromatic rings. The maximum absolute atomic E-state index is 10.5. The summed E-state index contributed by atoms with van der Waals surface area (Å²) in [6.07, 6.45) is 1.47. The van der Waals surface area contributed by atoms with Gasteiger partial charge in [-0.1, -0.05) is 13.3 Å². The van der Waals surface area contributed by atoms with Gasteiger partial charge in [0.15, 0.2) is 0 Å². The van der Waals surface area contributed by atoms with Gasteiger partial charge >= 0.3 is 29.6 Å². The molecule has 0 aliphatic heterocycles. The first-order valence-corrected chi connectivity index (χ1v) is 4.62. The quantitative estimate of drug-likeness (QED) is 0.323. The smallest absolute Gasteiger partial charge is 1.00 e. The van der Waals surface area contributed by atoms with Gasteiger partial charge in [-0.05, 0) is 19.3 Å². The SMILES string of the molecule is CCCCS(=O)(=O)OS.[H-].[Na+]. The van der Waals surface area contributed by atoms with Crippen molar-refractivity contribution in [2.24, 2.45) is 0 Å². The Morgan fingerprint density at radius 1 is 1.60 bits per heavy atom. The minimum atomic E-state index is -3.32. The summed E-state index contributed by atoms with van der Waals surface area (Å²) >= 11 is 3.19. The molecular weight excluding hydrogens is 183 g/mol. The van der Waals surface area contributed by atoms with E-state index >= 15 is 0 Å². The van der Waals surface area contributed by atoms with Gasteiger partial charge in [0.2, 0.25) is 0 Å². The molecular formula is C4H11NaO3S2. The van der Waals surface area contributed by atoms with E-state index in [0.717, 1.165) is 6.42 Å². The van der Waals surface area contributed by atoms with E-state index in [-0.39, 0.29) is 36.7 Å². The molecule has 0 aliphatic carbocycles. The number of hydrogen-bond acceptors (Lipinski definition) is 4. The van der Waals surface area contributed by atoms with Crippen molar-refractivity contribution in [3.05, 3.63) is 0 Å². The summed E-state index contributed by atoms with van der Waals surface area (Å²) in [5.41, 5.74) is 0.